The van der Waals surface area contributed by atoms with Crippen LogP contribution in [0.5, 0.6) is 5.75 Å². The molecule has 8 heteroatoms. The van der Waals surface area contributed by atoms with Crippen molar-refractivity contribution in [2.45, 2.75) is 6.54 Å². The van der Waals surface area contributed by atoms with E-state index in [0.29, 0.717) is 33.7 Å². The van der Waals surface area contributed by atoms with Crippen LogP contribution in [0, 0.1) is 5.82 Å². The molecule has 0 saturated carbocycles. The Hall–Kier alpha value is -2.90. The maximum atomic E-state index is 13.9. The third-order valence-corrected chi connectivity index (χ3v) is 4.42. The van der Waals surface area contributed by atoms with E-state index < -0.39 is 0 Å². The highest BCUT2D eigenvalue weighted by molar-refractivity contribution is 7.80. The first kappa shape index (κ1) is 19.9. The molecule has 3 rings (SSSR count). The number of anilines is 1. The summed E-state index contributed by atoms with van der Waals surface area (Å²) in [5.41, 5.74) is 4.88. The molecule has 1 heterocycles. The van der Waals surface area contributed by atoms with Crippen LogP contribution in [-0.4, -0.2) is 23.0 Å². The summed E-state index contributed by atoms with van der Waals surface area (Å²) in [5, 5.41) is 7.91. The summed E-state index contributed by atoms with van der Waals surface area (Å²) in [4.78, 5) is 0. The highest BCUT2D eigenvalue weighted by Crippen LogP contribution is 2.27. The number of nitrogens with zero attached hydrogens (tertiary/aromatic N) is 2. The molecular weight excluding hydrogens is 399 g/mol. The Morgan fingerprint density at radius 2 is 2.07 bits per heavy atom. The molecule has 0 spiro atoms. The van der Waals surface area contributed by atoms with Gasteiger partial charge in [0.15, 0.2) is 5.11 Å². The molecular formula is C20H18ClFN4OS. The monoisotopic (exact) mass is 416 g/mol. The van der Waals surface area contributed by atoms with E-state index in [2.05, 4.69) is 15.8 Å². The average molecular weight is 417 g/mol. The number of benzene rings is 2. The summed E-state index contributed by atoms with van der Waals surface area (Å²) in [5.74, 6) is 0.348. The third kappa shape index (κ3) is 5.09. The molecule has 1 aromatic heterocycles. The molecule has 3 aromatic rings. The molecule has 0 aliphatic carbocycles. The van der Waals surface area contributed by atoms with Crippen molar-refractivity contribution in [3.05, 3.63) is 82.9 Å². The summed E-state index contributed by atoms with van der Waals surface area (Å²) >= 11 is 11.3. The van der Waals surface area contributed by atoms with Gasteiger partial charge in [-0.2, -0.15) is 5.10 Å². The van der Waals surface area contributed by atoms with Crippen molar-refractivity contribution in [2.75, 3.05) is 12.4 Å². The minimum Gasteiger partial charge on any atom is -0.495 e. The molecule has 2 N–H and O–H groups in total. The second-order valence-corrected chi connectivity index (χ2v) is 6.64. The smallest absolute Gasteiger partial charge is 0.191 e. The van der Waals surface area contributed by atoms with E-state index in [1.54, 1.807) is 43.7 Å². The fourth-order valence-electron chi connectivity index (χ4n) is 2.56. The highest BCUT2D eigenvalue weighted by Gasteiger charge is 2.05. The largest absolute Gasteiger partial charge is 0.495 e. The summed E-state index contributed by atoms with van der Waals surface area (Å²) in [7, 11) is 1.55. The van der Waals surface area contributed by atoms with E-state index in [1.807, 2.05) is 29.0 Å². The van der Waals surface area contributed by atoms with Crippen LogP contribution in [0.15, 0.2) is 65.9 Å². The van der Waals surface area contributed by atoms with Crippen molar-refractivity contribution in [2.24, 2.45) is 5.10 Å². The topological polar surface area (TPSA) is 50.6 Å². The molecule has 0 fully saturated rings. The number of hydrogen-bond donors (Lipinski definition) is 2. The van der Waals surface area contributed by atoms with E-state index in [1.165, 1.54) is 6.07 Å². The predicted molar refractivity (Wildman–Crippen MR) is 115 cm³/mol. The normalized spacial score (nSPS) is 10.8. The lowest BCUT2D eigenvalue weighted by molar-refractivity contribution is 0.415. The van der Waals surface area contributed by atoms with Gasteiger partial charge in [0.1, 0.15) is 11.6 Å². The van der Waals surface area contributed by atoms with Gasteiger partial charge in [0.25, 0.3) is 0 Å². The summed E-state index contributed by atoms with van der Waals surface area (Å²) in [6.07, 6.45) is 3.49. The van der Waals surface area contributed by atoms with E-state index >= 15 is 0 Å². The van der Waals surface area contributed by atoms with Gasteiger partial charge in [0.05, 0.1) is 30.6 Å². The Balaban J connectivity index is 1.59. The van der Waals surface area contributed by atoms with Crippen molar-refractivity contribution in [3.63, 3.8) is 0 Å². The molecule has 2 aromatic carbocycles. The summed E-state index contributed by atoms with van der Waals surface area (Å²) in [6.45, 7) is 0.411. The van der Waals surface area contributed by atoms with E-state index in [9.17, 15) is 4.39 Å². The van der Waals surface area contributed by atoms with Gasteiger partial charge in [0.2, 0.25) is 0 Å². The second kappa shape index (κ2) is 9.34. The minimum absolute atomic E-state index is 0.235. The van der Waals surface area contributed by atoms with Gasteiger partial charge in [-0.3, -0.25) is 5.43 Å². The predicted octanol–water partition coefficient (Wildman–Crippen LogP) is 4.66. The number of nitrogens with one attached hydrogen (secondary N) is 2. The number of halogens is 2. The quantitative estimate of drug-likeness (QED) is 0.348. The third-order valence-electron chi connectivity index (χ3n) is 3.94. The minimum atomic E-state index is -0.235. The lowest BCUT2D eigenvalue weighted by Crippen LogP contribution is -2.24. The van der Waals surface area contributed by atoms with Gasteiger partial charge in [-0.1, -0.05) is 29.8 Å². The molecule has 0 aliphatic rings. The van der Waals surface area contributed by atoms with Crippen molar-refractivity contribution in [1.29, 1.82) is 0 Å². The first-order valence-corrected chi connectivity index (χ1v) is 9.17. The van der Waals surface area contributed by atoms with Gasteiger partial charge < -0.3 is 14.6 Å². The second-order valence-electron chi connectivity index (χ2n) is 5.83. The summed E-state index contributed by atoms with van der Waals surface area (Å²) < 4.78 is 20.9. The first-order valence-electron chi connectivity index (χ1n) is 8.39. The zero-order valence-corrected chi connectivity index (χ0v) is 16.6. The lowest BCUT2D eigenvalue weighted by atomic mass is 10.2. The first-order chi connectivity index (χ1) is 13.6. The molecule has 0 unspecified atom stereocenters. The molecule has 0 amide bonds. The number of hydrogen-bond acceptors (Lipinski definition) is 3. The zero-order valence-electron chi connectivity index (χ0n) is 15.0. The van der Waals surface area contributed by atoms with Crippen molar-refractivity contribution >= 4 is 40.8 Å². The molecule has 0 saturated heterocycles. The SMILES string of the molecule is COc1ccc(NC(=S)N/N=C\c2cccn2Cc2ccccc2F)cc1Cl. The van der Waals surface area contributed by atoms with Crippen LogP contribution in [0.25, 0.3) is 0 Å². The molecule has 0 aliphatic heterocycles. The fraction of sp³-hybridized carbons (Fsp3) is 0.100. The molecule has 144 valence electrons. The van der Waals surface area contributed by atoms with Crippen LogP contribution in [0.4, 0.5) is 10.1 Å². The van der Waals surface area contributed by atoms with E-state index in [4.69, 9.17) is 28.6 Å². The van der Waals surface area contributed by atoms with Gasteiger partial charge in [-0.25, -0.2) is 4.39 Å². The average Bonchev–Trinajstić information content (AvgIpc) is 3.11. The molecule has 0 atom stereocenters. The van der Waals surface area contributed by atoms with Crippen LogP contribution in [0.3, 0.4) is 0 Å². The Morgan fingerprint density at radius 3 is 2.82 bits per heavy atom. The Morgan fingerprint density at radius 1 is 1.25 bits per heavy atom. The Bertz CT molecular complexity index is 1010. The van der Waals surface area contributed by atoms with Crippen LogP contribution < -0.4 is 15.5 Å². The van der Waals surface area contributed by atoms with Crippen LogP contribution in [-0.2, 0) is 6.54 Å². The van der Waals surface area contributed by atoms with Crippen LogP contribution in [0.2, 0.25) is 5.02 Å². The number of hydrazone groups is 1. The van der Waals surface area contributed by atoms with Gasteiger partial charge in [0, 0.05) is 17.4 Å². The standard InChI is InChI=1S/C20H18ClFN4OS/c1-27-19-9-8-15(11-17(19)21)24-20(28)25-23-12-16-6-4-10-26(16)13-14-5-2-3-7-18(14)22/h2-12H,13H2,1H3,(H2,24,25,28)/b23-12-. The maximum absolute atomic E-state index is 13.9. The number of aromatic nitrogens is 1. The maximum Gasteiger partial charge on any atom is 0.191 e. The van der Waals surface area contributed by atoms with Crippen molar-refractivity contribution < 1.29 is 9.13 Å². The van der Waals surface area contributed by atoms with Crippen LogP contribution in [0.1, 0.15) is 11.3 Å². The van der Waals surface area contributed by atoms with E-state index in [-0.39, 0.29) is 5.82 Å². The number of ether oxygens (including phenoxy) is 1. The summed E-state index contributed by atoms with van der Waals surface area (Å²) in [6, 6.07) is 15.7. The molecule has 28 heavy (non-hydrogen) atoms. The molecule has 0 bridgehead atoms. The lowest BCUT2D eigenvalue weighted by Gasteiger charge is -2.10. The Kier molecular flexibility index (Phi) is 6.62. The number of thiocarbonyl (C=S) groups is 1. The van der Waals surface area contributed by atoms with Gasteiger partial charge >= 0.3 is 0 Å². The van der Waals surface area contributed by atoms with E-state index in [0.717, 1.165) is 5.69 Å². The van der Waals surface area contributed by atoms with Crippen molar-refractivity contribution in [1.82, 2.24) is 9.99 Å². The molecule has 0 radical (unpaired) electrons. The molecule has 5 nitrogen and oxygen atoms in total. The number of rotatable bonds is 6. The van der Waals surface area contributed by atoms with Gasteiger partial charge in [-0.15, -0.1) is 0 Å². The van der Waals surface area contributed by atoms with Crippen molar-refractivity contribution in [3.8, 4) is 5.75 Å². The zero-order chi connectivity index (χ0) is 19.9. The Labute approximate surface area is 172 Å². The number of methoxy groups -OCH3 is 1. The van der Waals surface area contributed by atoms with Gasteiger partial charge in [-0.05, 0) is 48.6 Å². The van der Waals surface area contributed by atoms with Crippen LogP contribution >= 0.6 is 23.8 Å². The highest BCUT2D eigenvalue weighted by atomic mass is 35.5. The fourth-order valence-corrected chi connectivity index (χ4v) is 2.99.